The zero-order valence-electron chi connectivity index (χ0n) is 16.1. The van der Waals surface area contributed by atoms with Crippen LogP contribution in [0, 0.1) is 0 Å². The standard InChI is InChI=1S/C22H33NO3/c1-3-4-5-6-7-8-9-10-11-14-17-23-22(26)18(2)21(25)19-15-12-13-16-20(19)24/h12-13,15-16,24H,2-11,14,17H2,1H3,(H,23,26). The van der Waals surface area contributed by atoms with E-state index in [4.69, 9.17) is 0 Å². The number of rotatable bonds is 14. The number of nitrogens with one attached hydrogen (secondary N) is 1. The van der Waals surface area contributed by atoms with Crippen molar-refractivity contribution >= 4 is 11.7 Å². The lowest BCUT2D eigenvalue weighted by Crippen LogP contribution is -2.28. The molecule has 1 aromatic rings. The van der Waals surface area contributed by atoms with Gasteiger partial charge in [-0.25, -0.2) is 0 Å². The number of aromatic hydroxyl groups is 1. The topological polar surface area (TPSA) is 66.4 Å². The second-order valence-electron chi connectivity index (χ2n) is 6.76. The molecule has 0 aromatic heterocycles. The molecule has 144 valence electrons. The molecule has 1 amide bonds. The molecule has 4 heteroatoms. The molecule has 0 heterocycles. The fourth-order valence-electron chi connectivity index (χ4n) is 2.85. The second-order valence-corrected chi connectivity index (χ2v) is 6.76. The maximum atomic E-state index is 12.2. The van der Waals surface area contributed by atoms with Gasteiger partial charge in [0.15, 0.2) is 0 Å². The number of phenolic OH excluding ortho intramolecular Hbond substituents is 1. The highest BCUT2D eigenvalue weighted by Gasteiger charge is 2.19. The van der Waals surface area contributed by atoms with E-state index >= 15 is 0 Å². The Kier molecular flexibility index (Phi) is 11.1. The molecule has 0 bridgehead atoms. The minimum absolute atomic E-state index is 0.103. The molecule has 0 aliphatic heterocycles. The molecule has 0 spiro atoms. The van der Waals surface area contributed by atoms with Crippen LogP contribution in [0.5, 0.6) is 5.75 Å². The van der Waals surface area contributed by atoms with E-state index in [1.54, 1.807) is 12.1 Å². The Morgan fingerprint density at radius 2 is 1.46 bits per heavy atom. The van der Waals surface area contributed by atoms with Gasteiger partial charge in [0.25, 0.3) is 5.91 Å². The predicted molar refractivity (Wildman–Crippen MR) is 106 cm³/mol. The summed E-state index contributed by atoms with van der Waals surface area (Å²) < 4.78 is 0. The van der Waals surface area contributed by atoms with Gasteiger partial charge in [-0.15, -0.1) is 0 Å². The van der Waals surface area contributed by atoms with E-state index in [2.05, 4.69) is 18.8 Å². The highest BCUT2D eigenvalue weighted by molar-refractivity contribution is 6.25. The van der Waals surface area contributed by atoms with E-state index in [9.17, 15) is 14.7 Å². The number of unbranched alkanes of at least 4 members (excludes halogenated alkanes) is 9. The van der Waals surface area contributed by atoms with Gasteiger partial charge >= 0.3 is 0 Å². The third-order valence-corrected chi connectivity index (χ3v) is 4.51. The maximum absolute atomic E-state index is 12.2. The number of carbonyl (C=O) groups excluding carboxylic acids is 2. The SMILES string of the molecule is C=C(C(=O)NCCCCCCCCCCCC)C(=O)c1ccccc1O. The van der Waals surface area contributed by atoms with E-state index in [1.807, 2.05) is 0 Å². The minimum Gasteiger partial charge on any atom is -0.507 e. The van der Waals surface area contributed by atoms with Crippen molar-refractivity contribution in [2.75, 3.05) is 6.54 Å². The van der Waals surface area contributed by atoms with Crippen LogP contribution in [0.15, 0.2) is 36.4 Å². The molecule has 4 nitrogen and oxygen atoms in total. The quantitative estimate of drug-likeness (QED) is 0.158. The van der Waals surface area contributed by atoms with Gasteiger partial charge in [-0.05, 0) is 18.6 Å². The van der Waals surface area contributed by atoms with Crippen LogP contribution in [-0.2, 0) is 4.79 Å². The number of hydrogen-bond acceptors (Lipinski definition) is 3. The summed E-state index contributed by atoms with van der Waals surface area (Å²) in [4.78, 5) is 24.2. The van der Waals surface area contributed by atoms with Gasteiger partial charge in [0, 0.05) is 6.54 Å². The summed E-state index contributed by atoms with van der Waals surface area (Å²) in [5, 5.41) is 12.4. The first-order chi connectivity index (χ1) is 12.6. The van der Waals surface area contributed by atoms with Gasteiger partial charge in [-0.1, -0.05) is 83.4 Å². The van der Waals surface area contributed by atoms with Crippen LogP contribution < -0.4 is 5.32 Å². The largest absolute Gasteiger partial charge is 0.507 e. The van der Waals surface area contributed by atoms with E-state index in [1.165, 1.54) is 63.5 Å². The van der Waals surface area contributed by atoms with Crippen LogP contribution in [0.3, 0.4) is 0 Å². The Hall–Kier alpha value is -2.10. The van der Waals surface area contributed by atoms with Crippen LogP contribution in [0.1, 0.15) is 81.5 Å². The molecule has 0 radical (unpaired) electrons. The number of hydrogen-bond donors (Lipinski definition) is 2. The molecule has 1 aromatic carbocycles. The van der Waals surface area contributed by atoms with Crippen molar-refractivity contribution in [3.63, 3.8) is 0 Å². The summed E-state index contributed by atoms with van der Waals surface area (Å²) in [6, 6.07) is 6.17. The van der Waals surface area contributed by atoms with Gasteiger partial charge in [0.1, 0.15) is 5.75 Å². The van der Waals surface area contributed by atoms with Crippen molar-refractivity contribution in [3.8, 4) is 5.75 Å². The van der Waals surface area contributed by atoms with Crippen LogP contribution in [0.2, 0.25) is 0 Å². The summed E-state index contributed by atoms with van der Waals surface area (Å²) in [5.41, 5.74) is -0.0369. The van der Waals surface area contributed by atoms with E-state index in [0.29, 0.717) is 6.54 Å². The normalized spacial score (nSPS) is 10.5. The summed E-state index contributed by atoms with van der Waals surface area (Å²) in [6.45, 7) is 6.35. The average molecular weight is 360 g/mol. The Morgan fingerprint density at radius 1 is 0.923 bits per heavy atom. The van der Waals surface area contributed by atoms with Crippen LogP contribution in [0.4, 0.5) is 0 Å². The molecule has 0 atom stereocenters. The number of amides is 1. The molecule has 1 rings (SSSR count). The second kappa shape index (κ2) is 13.2. The maximum Gasteiger partial charge on any atom is 0.254 e. The summed E-state index contributed by atoms with van der Waals surface area (Å²) >= 11 is 0. The van der Waals surface area contributed by atoms with Gasteiger partial charge in [0.2, 0.25) is 5.78 Å². The lowest BCUT2D eigenvalue weighted by molar-refractivity contribution is -0.117. The van der Waals surface area contributed by atoms with Crippen molar-refractivity contribution < 1.29 is 14.7 Å². The van der Waals surface area contributed by atoms with Crippen LogP contribution >= 0.6 is 0 Å². The number of ketones is 1. The number of benzene rings is 1. The Labute approximate surface area is 157 Å². The van der Waals surface area contributed by atoms with Crippen LogP contribution in [0.25, 0.3) is 0 Å². The van der Waals surface area contributed by atoms with Crippen molar-refractivity contribution in [1.82, 2.24) is 5.32 Å². The molecule has 2 N–H and O–H groups in total. The van der Waals surface area contributed by atoms with Crippen molar-refractivity contribution in [3.05, 3.63) is 42.0 Å². The minimum atomic E-state index is -0.538. The lowest BCUT2D eigenvalue weighted by Gasteiger charge is -2.08. The van der Waals surface area contributed by atoms with E-state index in [-0.39, 0.29) is 16.9 Å². The summed E-state index contributed by atoms with van der Waals surface area (Å²) in [6.07, 6.45) is 12.4. The molecule has 0 saturated heterocycles. The summed E-state index contributed by atoms with van der Waals surface area (Å²) in [5.74, 6) is -1.14. The third-order valence-electron chi connectivity index (χ3n) is 4.51. The van der Waals surface area contributed by atoms with E-state index in [0.717, 1.165) is 12.8 Å². The van der Waals surface area contributed by atoms with Crippen molar-refractivity contribution in [2.24, 2.45) is 0 Å². The van der Waals surface area contributed by atoms with Crippen molar-refractivity contribution in [2.45, 2.75) is 71.1 Å². The highest BCUT2D eigenvalue weighted by Crippen LogP contribution is 2.19. The van der Waals surface area contributed by atoms with Crippen molar-refractivity contribution in [1.29, 1.82) is 0 Å². The number of carbonyl (C=O) groups is 2. The zero-order chi connectivity index (χ0) is 19.2. The Bertz CT molecular complexity index is 581. The predicted octanol–water partition coefficient (Wildman–Crippen LogP) is 5.17. The monoisotopic (exact) mass is 359 g/mol. The fourth-order valence-corrected chi connectivity index (χ4v) is 2.85. The highest BCUT2D eigenvalue weighted by atomic mass is 16.3. The Balaban J connectivity index is 2.12. The summed E-state index contributed by atoms with van der Waals surface area (Å²) in [7, 11) is 0. The van der Waals surface area contributed by atoms with Gasteiger partial charge in [0.05, 0.1) is 11.1 Å². The third kappa shape index (κ3) is 8.32. The van der Waals surface area contributed by atoms with Gasteiger partial charge < -0.3 is 10.4 Å². The molecule has 0 fully saturated rings. The first-order valence-corrected chi connectivity index (χ1v) is 9.87. The number of phenols is 1. The molecule has 0 saturated carbocycles. The molecule has 0 aliphatic rings. The zero-order valence-corrected chi connectivity index (χ0v) is 16.1. The molecule has 26 heavy (non-hydrogen) atoms. The molecule has 0 aliphatic carbocycles. The lowest BCUT2D eigenvalue weighted by atomic mass is 10.0. The molecular formula is C22H33NO3. The van der Waals surface area contributed by atoms with Crippen LogP contribution in [-0.4, -0.2) is 23.3 Å². The first kappa shape index (κ1) is 21.9. The fraction of sp³-hybridized carbons (Fsp3) is 0.545. The number of para-hydroxylation sites is 1. The Morgan fingerprint density at radius 3 is 2.04 bits per heavy atom. The molecule has 0 unspecified atom stereocenters. The van der Waals surface area contributed by atoms with Gasteiger partial charge in [-0.3, -0.25) is 9.59 Å². The number of Topliss-reactive ketones (excluding diaryl/α,β-unsaturated/α-hetero) is 1. The average Bonchev–Trinajstić information content (AvgIpc) is 2.65. The smallest absolute Gasteiger partial charge is 0.254 e. The molecular weight excluding hydrogens is 326 g/mol. The first-order valence-electron chi connectivity index (χ1n) is 9.87. The van der Waals surface area contributed by atoms with Gasteiger partial charge in [-0.2, -0.15) is 0 Å². The van der Waals surface area contributed by atoms with E-state index < -0.39 is 11.7 Å².